The summed E-state index contributed by atoms with van der Waals surface area (Å²) in [5.74, 6) is 1.58. The van der Waals surface area contributed by atoms with Crippen molar-refractivity contribution < 1.29 is 4.39 Å². The van der Waals surface area contributed by atoms with Crippen LogP contribution in [0.5, 0.6) is 0 Å². The van der Waals surface area contributed by atoms with Crippen LogP contribution >= 0.6 is 0 Å². The number of fused-ring (bicyclic) bond motifs is 1. The highest BCUT2D eigenvalue weighted by molar-refractivity contribution is 5.75. The molecule has 0 amide bonds. The van der Waals surface area contributed by atoms with Gasteiger partial charge in [0.25, 0.3) is 0 Å². The first-order chi connectivity index (χ1) is 8.74. The van der Waals surface area contributed by atoms with Crippen LogP contribution in [0.15, 0.2) is 18.2 Å². The SMILES string of the molecule is Cn1c(CC2CCNCC2)nc2ccc(F)cc21. The highest BCUT2D eigenvalue weighted by atomic mass is 19.1. The van der Waals surface area contributed by atoms with Gasteiger partial charge in [0.2, 0.25) is 0 Å². The van der Waals surface area contributed by atoms with Gasteiger partial charge in [-0.3, -0.25) is 0 Å². The molecule has 3 nitrogen and oxygen atoms in total. The minimum atomic E-state index is -0.195. The molecule has 18 heavy (non-hydrogen) atoms. The van der Waals surface area contributed by atoms with Gasteiger partial charge in [0.15, 0.2) is 0 Å². The van der Waals surface area contributed by atoms with Crippen LogP contribution in [0.2, 0.25) is 0 Å². The van der Waals surface area contributed by atoms with E-state index in [1.807, 2.05) is 11.6 Å². The van der Waals surface area contributed by atoms with E-state index >= 15 is 0 Å². The standard InChI is InChI=1S/C14H18FN3/c1-18-13-9-11(15)2-3-12(13)17-14(18)8-10-4-6-16-7-5-10/h2-3,9-10,16H,4-8H2,1H3. The Kier molecular flexibility index (Phi) is 3.04. The van der Waals surface area contributed by atoms with Crippen molar-refractivity contribution in [3.63, 3.8) is 0 Å². The van der Waals surface area contributed by atoms with Gasteiger partial charge in [0.05, 0.1) is 11.0 Å². The van der Waals surface area contributed by atoms with Gasteiger partial charge in [-0.1, -0.05) is 0 Å². The van der Waals surface area contributed by atoms with Gasteiger partial charge < -0.3 is 9.88 Å². The van der Waals surface area contributed by atoms with Crippen LogP contribution in [0.3, 0.4) is 0 Å². The van der Waals surface area contributed by atoms with E-state index in [-0.39, 0.29) is 5.82 Å². The molecule has 0 unspecified atom stereocenters. The Bertz CT molecular complexity index is 555. The maximum Gasteiger partial charge on any atom is 0.125 e. The minimum Gasteiger partial charge on any atom is -0.331 e. The molecule has 1 aromatic carbocycles. The summed E-state index contributed by atoms with van der Waals surface area (Å²) in [6.45, 7) is 2.20. The van der Waals surface area contributed by atoms with E-state index in [9.17, 15) is 4.39 Å². The van der Waals surface area contributed by atoms with E-state index in [0.29, 0.717) is 5.92 Å². The van der Waals surface area contributed by atoms with Crippen LogP contribution in [-0.2, 0) is 13.5 Å². The zero-order valence-corrected chi connectivity index (χ0v) is 10.6. The molecular weight excluding hydrogens is 229 g/mol. The van der Waals surface area contributed by atoms with E-state index in [2.05, 4.69) is 10.3 Å². The predicted molar refractivity (Wildman–Crippen MR) is 70.0 cm³/mol. The molecule has 2 aromatic rings. The Labute approximate surface area is 106 Å². The number of imidazole rings is 1. The smallest absolute Gasteiger partial charge is 0.125 e. The summed E-state index contributed by atoms with van der Waals surface area (Å²) in [6, 6.07) is 4.80. The van der Waals surface area contributed by atoms with Gasteiger partial charge in [-0.25, -0.2) is 9.37 Å². The first-order valence-electron chi connectivity index (χ1n) is 6.55. The molecule has 1 aliphatic rings. The number of nitrogens with one attached hydrogen (secondary N) is 1. The van der Waals surface area contributed by atoms with E-state index in [1.165, 1.54) is 18.9 Å². The molecular formula is C14H18FN3. The number of halogens is 1. The first kappa shape index (κ1) is 11.7. The van der Waals surface area contributed by atoms with Crippen LogP contribution in [-0.4, -0.2) is 22.6 Å². The molecule has 1 aliphatic heterocycles. The molecule has 2 heterocycles. The van der Waals surface area contributed by atoms with Gasteiger partial charge in [-0.2, -0.15) is 0 Å². The molecule has 1 N–H and O–H groups in total. The fraction of sp³-hybridized carbons (Fsp3) is 0.500. The van der Waals surface area contributed by atoms with Crippen LogP contribution in [0.4, 0.5) is 4.39 Å². The summed E-state index contributed by atoms with van der Waals surface area (Å²) in [6.07, 6.45) is 3.41. The Morgan fingerprint density at radius 1 is 1.39 bits per heavy atom. The second-order valence-corrected chi connectivity index (χ2v) is 5.12. The number of benzene rings is 1. The number of hydrogen-bond donors (Lipinski definition) is 1. The number of hydrogen-bond acceptors (Lipinski definition) is 2. The molecule has 1 fully saturated rings. The second-order valence-electron chi connectivity index (χ2n) is 5.12. The second kappa shape index (κ2) is 4.69. The van der Waals surface area contributed by atoms with E-state index in [1.54, 1.807) is 12.1 Å². The number of aromatic nitrogens is 2. The molecule has 0 radical (unpaired) electrons. The third-order valence-corrected chi connectivity index (χ3v) is 3.87. The Morgan fingerprint density at radius 3 is 2.94 bits per heavy atom. The molecule has 0 spiro atoms. The highest BCUT2D eigenvalue weighted by Gasteiger charge is 2.17. The van der Waals surface area contributed by atoms with Crippen molar-refractivity contribution in [3.05, 3.63) is 29.8 Å². The van der Waals surface area contributed by atoms with Gasteiger partial charge in [0, 0.05) is 13.5 Å². The topological polar surface area (TPSA) is 29.9 Å². The van der Waals surface area contributed by atoms with Crippen molar-refractivity contribution in [1.82, 2.24) is 14.9 Å². The normalized spacial score (nSPS) is 17.4. The summed E-state index contributed by atoms with van der Waals surface area (Å²) in [5, 5.41) is 3.37. The lowest BCUT2D eigenvalue weighted by Crippen LogP contribution is -2.29. The largest absolute Gasteiger partial charge is 0.331 e. The van der Waals surface area contributed by atoms with Crippen LogP contribution in [0, 0.1) is 11.7 Å². The third-order valence-electron chi connectivity index (χ3n) is 3.87. The van der Waals surface area contributed by atoms with Gasteiger partial charge in [0.1, 0.15) is 11.6 Å². The number of piperidine rings is 1. The third kappa shape index (κ3) is 2.12. The predicted octanol–water partition coefficient (Wildman–Crippen LogP) is 2.25. The van der Waals surface area contributed by atoms with Crippen molar-refractivity contribution in [3.8, 4) is 0 Å². The molecule has 3 rings (SSSR count). The van der Waals surface area contributed by atoms with Crippen LogP contribution in [0.1, 0.15) is 18.7 Å². The lowest BCUT2D eigenvalue weighted by Gasteiger charge is -2.22. The Hall–Kier alpha value is -1.42. The van der Waals surface area contributed by atoms with Crippen molar-refractivity contribution in [2.45, 2.75) is 19.3 Å². The van der Waals surface area contributed by atoms with Crippen molar-refractivity contribution in [2.75, 3.05) is 13.1 Å². The summed E-state index contributed by atoms with van der Waals surface area (Å²) < 4.78 is 15.3. The number of nitrogens with zero attached hydrogens (tertiary/aromatic N) is 2. The summed E-state index contributed by atoms with van der Waals surface area (Å²) in [7, 11) is 1.98. The van der Waals surface area contributed by atoms with Crippen molar-refractivity contribution >= 4 is 11.0 Å². The van der Waals surface area contributed by atoms with E-state index in [0.717, 1.165) is 36.4 Å². The average Bonchev–Trinajstić information content (AvgIpc) is 2.68. The highest BCUT2D eigenvalue weighted by Crippen LogP contribution is 2.21. The molecule has 96 valence electrons. The average molecular weight is 247 g/mol. The van der Waals surface area contributed by atoms with Gasteiger partial charge in [-0.15, -0.1) is 0 Å². The maximum atomic E-state index is 13.2. The Morgan fingerprint density at radius 2 is 2.17 bits per heavy atom. The minimum absolute atomic E-state index is 0.195. The van der Waals surface area contributed by atoms with Gasteiger partial charge in [-0.05, 0) is 50.0 Å². The number of rotatable bonds is 2. The Balaban J connectivity index is 1.89. The number of aryl methyl sites for hydroxylation is 1. The zero-order valence-electron chi connectivity index (χ0n) is 10.6. The molecule has 4 heteroatoms. The lowest BCUT2D eigenvalue weighted by atomic mass is 9.94. The lowest BCUT2D eigenvalue weighted by molar-refractivity contribution is 0.365. The molecule has 0 saturated carbocycles. The van der Waals surface area contributed by atoms with Crippen LogP contribution < -0.4 is 5.32 Å². The monoisotopic (exact) mass is 247 g/mol. The summed E-state index contributed by atoms with van der Waals surface area (Å²) in [4.78, 5) is 4.62. The fourth-order valence-corrected chi connectivity index (χ4v) is 2.74. The zero-order chi connectivity index (χ0) is 12.5. The summed E-state index contributed by atoms with van der Waals surface area (Å²) in [5.41, 5.74) is 1.78. The molecule has 0 bridgehead atoms. The summed E-state index contributed by atoms with van der Waals surface area (Å²) >= 11 is 0. The van der Waals surface area contributed by atoms with Crippen molar-refractivity contribution in [1.29, 1.82) is 0 Å². The van der Waals surface area contributed by atoms with Gasteiger partial charge >= 0.3 is 0 Å². The van der Waals surface area contributed by atoms with Crippen LogP contribution in [0.25, 0.3) is 11.0 Å². The maximum absolute atomic E-state index is 13.2. The molecule has 0 aliphatic carbocycles. The van der Waals surface area contributed by atoms with E-state index in [4.69, 9.17) is 0 Å². The first-order valence-corrected chi connectivity index (χ1v) is 6.55. The van der Waals surface area contributed by atoms with E-state index < -0.39 is 0 Å². The molecule has 1 aromatic heterocycles. The molecule has 1 saturated heterocycles. The fourth-order valence-electron chi connectivity index (χ4n) is 2.74. The van der Waals surface area contributed by atoms with Crippen molar-refractivity contribution in [2.24, 2.45) is 13.0 Å². The molecule has 0 atom stereocenters. The quantitative estimate of drug-likeness (QED) is 0.882.